The SMILES string of the molecule is Cc1nc(C)c(C(=O)N2CCC3(CC2)COC(CN2CCC(O)CC2)C3)s1. The second kappa shape index (κ2) is 7.78. The molecule has 3 fully saturated rings. The molecule has 1 atom stereocenters. The van der Waals surface area contributed by atoms with Crippen LogP contribution in [0.5, 0.6) is 0 Å². The van der Waals surface area contributed by atoms with E-state index in [1.54, 1.807) is 0 Å². The molecule has 3 aliphatic rings. The average molecular weight is 394 g/mol. The van der Waals surface area contributed by atoms with Gasteiger partial charge in [0.25, 0.3) is 5.91 Å². The average Bonchev–Trinajstić information content (AvgIpc) is 3.20. The van der Waals surface area contributed by atoms with Crippen LogP contribution in [0.15, 0.2) is 0 Å². The number of hydrogen-bond acceptors (Lipinski definition) is 6. The first-order valence-corrected chi connectivity index (χ1v) is 11.0. The van der Waals surface area contributed by atoms with Crippen molar-refractivity contribution in [1.29, 1.82) is 0 Å². The van der Waals surface area contributed by atoms with Crippen LogP contribution < -0.4 is 0 Å². The Kier molecular flexibility index (Phi) is 5.56. The lowest BCUT2D eigenvalue weighted by molar-refractivity contribution is 0.0302. The van der Waals surface area contributed by atoms with E-state index < -0.39 is 0 Å². The molecule has 27 heavy (non-hydrogen) atoms. The second-order valence-electron chi connectivity index (χ2n) is 8.61. The third kappa shape index (κ3) is 4.21. The maximum atomic E-state index is 12.8. The molecule has 1 aromatic rings. The zero-order valence-corrected chi connectivity index (χ0v) is 17.3. The molecule has 0 aliphatic carbocycles. The lowest BCUT2D eigenvalue weighted by Crippen LogP contribution is -2.44. The third-order valence-electron chi connectivity index (χ3n) is 6.51. The first kappa shape index (κ1) is 19.3. The van der Waals surface area contributed by atoms with Gasteiger partial charge >= 0.3 is 0 Å². The Labute approximate surface area is 165 Å². The molecular formula is C20H31N3O3S. The van der Waals surface area contributed by atoms with E-state index >= 15 is 0 Å². The Bertz CT molecular complexity index is 676. The van der Waals surface area contributed by atoms with E-state index in [0.717, 1.165) is 87.0 Å². The van der Waals surface area contributed by atoms with Gasteiger partial charge in [0.15, 0.2) is 0 Å². The molecule has 4 heterocycles. The van der Waals surface area contributed by atoms with E-state index in [4.69, 9.17) is 4.74 Å². The Morgan fingerprint density at radius 3 is 2.59 bits per heavy atom. The molecule has 1 unspecified atom stereocenters. The van der Waals surface area contributed by atoms with Crippen molar-refractivity contribution in [2.24, 2.45) is 5.41 Å². The zero-order chi connectivity index (χ0) is 19.0. The molecule has 7 heteroatoms. The highest BCUT2D eigenvalue weighted by Crippen LogP contribution is 2.42. The summed E-state index contributed by atoms with van der Waals surface area (Å²) in [4.78, 5) is 22.5. The van der Waals surface area contributed by atoms with Crippen molar-refractivity contribution in [3.8, 4) is 0 Å². The minimum absolute atomic E-state index is 0.120. The summed E-state index contributed by atoms with van der Waals surface area (Å²) in [6, 6.07) is 0. The Hall–Kier alpha value is -1.02. The highest BCUT2D eigenvalue weighted by Gasteiger charge is 2.43. The van der Waals surface area contributed by atoms with Gasteiger partial charge in [-0.2, -0.15) is 0 Å². The Morgan fingerprint density at radius 2 is 1.96 bits per heavy atom. The number of aryl methyl sites for hydroxylation is 2. The van der Waals surface area contributed by atoms with Crippen LogP contribution >= 0.6 is 11.3 Å². The summed E-state index contributed by atoms with van der Waals surface area (Å²) < 4.78 is 6.16. The van der Waals surface area contributed by atoms with Crippen LogP contribution in [0.25, 0.3) is 0 Å². The van der Waals surface area contributed by atoms with Gasteiger partial charge in [0.05, 0.1) is 29.5 Å². The minimum Gasteiger partial charge on any atom is -0.393 e. The van der Waals surface area contributed by atoms with Gasteiger partial charge in [0.1, 0.15) is 4.88 Å². The van der Waals surface area contributed by atoms with Gasteiger partial charge in [0, 0.05) is 32.7 Å². The first-order chi connectivity index (χ1) is 12.9. The van der Waals surface area contributed by atoms with Gasteiger partial charge in [0.2, 0.25) is 0 Å². The van der Waals surface area contributed by atoms with Crippen LogP contribution in [0.1, 0.15) is 52.5 Å². The van der Waals surface area contributed by atoms with Crippen molar-refractivity contribution < 1.29 is 14.6 Å². The largest absolute Gasteiger partial charge is 0.393 e. The fourth-order valence-electron chi connectivity index (χ4n) is 4.81. The number of ether oxygens (including phenoxy) is 1. The molecule has 1 spiro atoms. The topological polar surface area (TPSA) is 65.9 Å². The highest BCUT2D eigenvalue weighted by molar-refractivity contribution is 7.13. The summed E-state index contributed by atoms with van der Waals surface area (Å²) in [7, 11) is 0. The summed E-state index contributed by atoms with van der Waals surface area (Å²) in [5.74, 6) is 0.148. The molecule has 1 amide bonds. The molecule has 3 aliphatic heterocycles. The molecule has 150 valence electrons. The molecule has 0 saturated carbocycles. The van der Waals surface area contributed by atoms with Crippen molar-refractivity contribution in [1.82, 2.24) is 14.8 Å². The molecule has 3 saturated heterocycles. The minimum atomic E-state index is -0.120. The van der Waals surface area contributed by atoms with Crippen LogP contribution in [0.2, 0.25) is 0 Å². The van der Waals surface area contributed by atoms with E-state index in [1.165, 1.54) is 11.3 Å². The molecule has 6 nitrogen and oxygen atoms in total. The number of carbonyl (C=O) groups is 1. The normalized spacial score (nSPS) is 26.8. The van der Waals surface area contributed by atoms with Gasteiger partial charge in [-0.05, 0) is 51.4 Å². The standard InChI is InChI=1S/C20H31N3O3S/c1-14-18(27-15(2)21-14)19(25)23-9-5-20(6-10-23)11-17(26-13-20)12-22-7-3-16(24)4-8-22/h16-17,24H,3-13H2,1-2H3. The number of carbonyl (C=O) groups excluding carboxylic acids is 1. The maximum Gasteiger partial charge on any atom is 0.265 e. The van der Waals surface area contributed by atoms with Crippen LogP contribution in [-0.2, 0) is 4.74 Å². The number of aliphatic hydroxyl groups excluding tert-OH is 1. The number of aliphatic hydroxyl groups is 1. The molecule has 0 aromatic carbocycles. The molecule has 4 rings (SSSR count). The van der Waals surface area contributed by atoms with Crippen molar-refractivity contribution in [2.45, 2.75) is 58.2 Å². The number of aromatic nitrogens is 1. The third-order valence-corrected chi connectivity index (χ3v) is 7.57. The fourth-order valence-corrected chi connectivity index (χ4v) is 5.70. The zero-order valence-electron chi connectivity index (χ0n) is 16.4. The van der Waals surface area contributed by atoms with Gasteiger partial charge < -0.3 is 19.6 Å². The predicted molar refractivity (Wildman–Crippen MR) is 105 cm³/mol. The molecule has 0 radical (unpaired) electrons. The van der Waals surface area contributed by atoms with Crippen LogP contribution in [0.4, 0.5) is 0 Å². The first-order valence-electron chi connectivity index (χ1n) is 10.2. The number of hydrogen-bond donors (Lipinski definition) is 1. The molecular weight excluding hydrogens is 362 g/mol. The van der Waals surface area contributed by atoms with Gasteiger partial charge in [-0.3, -0.25) is 4.79 Å². The fraction of sp³-hybridized carbons (Fsp3) is 0.800. The smallest absolute Gasteiger partial charge is 0.265 e. The van der Waals surface area contributed by atoms with Gasteiger partial charge in [-0.1, -0.05) is 0 Å². The van der Waals surface area contributed by atoms with E-state index in [9.17, 15) is 9.90 Å². The van der Waals surface area contributed by atoms with Crippen LogP contribution in [0.3, 0.4) is 0 Å². The predicted octanol–water partition coefficient (Wildman–Crippen LogP) is 2.23. The van der Waals surface area contributed by atoms with Crippen molar-refractivity contribution in [3.63, 3.8) is 0 Å². The molecule has 1 aromatic heterocycles. The van der Waals surface area contributed by atoms with Crippen molar-refractivity contribution in [2.75, 3.05) is 39.3 Å². The highest BCUT2D eigenvalue weighted by atomic mass is 32.1. The van der Waals surface area contributed by atoms with Gasteiger partial charge in [-0.15, -0.1) is 11.3 Å². The summed E-state index contributed by atoms with van der Waals surface area (Å²) in [6.45, 7) is 9.29. The van der Waals surface area contributed by atoms with E-state index in [2.05, 4.69) is 9.88 Å². The van der Waals surface area contributed by atoms with Crippen molar-refractivity contribution >= 4 is 17.2 Å². The summed E-state index contributed by atoms with van der Waals surface area (Å²) >= 11 is 1.51. The van der Waals surface area contributed by atoms with Gasteiger partial charge in [-0.25, -0.2) is 4.98 Å². The van der Waals surface area contributed by atoms with E-state index in [-0.39, 0.29) is 17.4 Å². The number of nitrogens with zero attached hydrogens (tertiary/aromatic N) is 3. The number of piperidine rings is 2. The maximum absolute atomic E-state index is 12.8. The van der Waals surface area contributed by atoms with Crippen molar-refractivity contribution in [3.05, 3.63) is 15.6 Å². The van der Waals surface area contributed by atoms with E-state index in [0.29, 0.717) is 6.10 Å². The molecule has 1 N–H and O–H groups in total. The lowest BCUT2D eigenvalue weighted by Gasteiger charge is -2.38. The molecule has 0 bridgehead atoms. The van der Waals surface area contributed by atoms with Crippen LogP contribution in [-0.4, -0.2) is 77.3 Å². The lowest BCUT2D eigenvalue weighted by atomic mass is 9.76. The Balaban J connectivity index is 1.29. The number of likely N-dealkylation sites (tertiary alicyclic amines) is 2. The number of amides is 1. The second-order valence-corrected chi connectivity index (χ2v) is 9.81. The summed E-state index contributed by atoms with van der Waals surface area (Å²) in [5.41, 5.74) is 1.11. The number of rotatable bonds is 3. The van der Waals surface area contributed by atoms with Crippen LogP contribution in [0, 0.1) is 19.3 Å². The Morgan fingerprint density at radius 1 is 1.26 bits per heavy atom. The summed E-state index contributed by atoms with van der Waals surface area (Å²) in [5, 5.41) is 10.6. The number of thiazole rings is 1. The summed E-state index contributed by atoms with van der Waals surface area (Å²) in [6.07, 6.45) is 5.11. The monoisotopic (exact) mass is 393 g/mol. The van der Waals surface area contributed by atoms with E-state index in [1.807, 2.05) is 18.7 Å². The quantitative estimate of drug-likeness (QED) is 0.853.